The maximum absolute atomic E-state index is 6.05. The van der Waals surface area contributed by atoms with Crippen LogP contribution in [0, 0.1) is 17.3 Å². The smallest absolute Gasteiger partial charge is 0.0469 e. The van der Waals surface area contributed by atoms with Crippen LogP contribution in [0.4, 0.5) is 0 Å². The van der Waals surface area contributed by atoms with Crippen LogP contribution in [-0.4, -0.2) is 11.5 Å². The van der Waals surface area contributed by atoms with Crippen molar-refractivity contribution in [2.45, 2.75) is 51.9 Å². The second-order valence-corrected chi connectivity index (χ2v) is 7.26. The standard InChI is InChI=1S/C17H26N2/c1-17(2)8-7-13(11-18)15(10-17)14-6-5-12-4-3-9-19-16(12)14/h3-4,9,13-15H,5-8,10-11,18H2,1-2H3. The van der Waals surface area contributed by atoms with Crippen LogP contribution in [0.3, 0.4) is 0 Å². The van der Waals surface area contributed by atoms with E-state index in [0.29, 0.717) is 17.3 Å². The fourth-order valence-electron chi connectivity index (χ4n) is 4.32. The van der Waals surface area contributed by atoms with Gasteiger partial charge in [-0.15, -0.1) is 0 Å². The van der Waals surface area contributed by atoms with Crippen LogP contribution < -0.4 is 5.73 Å². The third-order valence-corrected chi connectivity index (χ3v) is 5.41. The second-order valence-electron chi connectivity index (χ2n) is 7.26. The largest absolute Gasteiger partial charge is 0.330 e. The van der Waals surface area contributed by atoms with Gasteiger partial charge >= 0.3 is 0 Å². The first-order valence-corrected chi connectivity index (χ1v) is 7.74. The maximum Gasteiger partial charge on any atom is 0.0469 e. The summed E-state index contributed by atoms with van der Waals surface area (Å²) >= 11 is 0. The van der Waals surface area contributed by atoms with E-state index in [2.05, 4.69) is 26.0 Å². The first-order valence-electron chi connectivity index (χ1n) is 7.74. The Kier molecular flexibility index (Phi) is 3.38. The first kappa shape index (κ1) is 13.1. The van der Waals surface area contributed by atoms with E-state index >= 15 is 0 Å². The quantitative estimate of drug-likeness (QED) is 0.881. The van der Waals surface area contributed by atoms with Gasteiger partial charge in [0.1, 0.15) is 0 Å². The normalized spacial score (nSPS) is 33.1. The van der Waals surface area contributed by atoms with Gasteiger partial charge in [-0.05, 0) is 67.5 Å². The van der Waals surface area contributed by atoms with Crippen LogP contribution in [0.15, 0.2) is 18.3 Å². The minimum atomic E-state index is 0.480. The zero-order valence-corrected chi connectivity index (χ0v) is 12.2. The predicted molar refractivity (Wildman–Crippen MR) is 79.0 cm³/mol. The van der Waals surface area contributed by atoms with Gasteiger partial charge in [-0.25, -0.2) is 0 Å². The summed E-state index contributed by atoms with van der Waals surface area (Å²) in [6.45, 7) is 5.68. The van der Waals surface area contributed by atoms with Gasteiger partial charge in [0.2, 0.25) is 0 Å². The zero-order chi connectivity index (χ0) is 13.5. The van der Waals surface area contributed by atoms with Crippen molar-refractivity contribution in [2.75, 3.05) is 6.54 Å². The number of pyridine rings is 1. The highest BCUT2D eigenvalue weighted by Gasteiger charge is 2.41. The molecule has 3 unspecified atom stereocenters. The van der Waals surface area contributed by atoms with Gasteiger partial charge in [-0.1, -0.05) is 19.9 Å². The Morgan fingerprint density at radius 2 is 2.21 bits per heavy atom. The Labute approximate surface area is 116 Å². The van der Waals surface area contributed by atoms with Crippen molar-refractivity contribution in [3.05, 3.63) is 29.6 Å². The third-order valence-electron chi connectivity index (χ3n) is 5.41. The summed E-state index contributed by atoms with van der Waals surface area (Å²) < 4.78 is 0. The van der Waals surface area contributed by atoms with E-state index in [9.17, 15) is 0 Å². The molecule has 1 heterocycles. The summed E-state index contributed by atoms with van der Waals surface area (Å²) in [6, 6.07) is 4.33. The van der Waals surface area contributed by atoms with Crippen molar-refractivity contribution >= 4 is 0 Å². The van der Waals surface area contributed by atoms with E-state index < -0.39 is 0 Å². The van der Waals surface area contributed by atoms with Crippen LogP contribution in [0.1, 0.15) is 56.7 Å². The van der Waals surface area contributed by atoms with Gasteiger partial charge in [-0.2, -0.15) is 0 Å². The fourth-order valence-corrected chi connectivity index (χ4v) is 4.32. The molecule has 2 N–H and O–H groups in total. The maximum atomic E-state index is 6.05. The molecule has 3 atom stereocenters. The number of hydrogen-bond acceptors (Lipinski definition) is 2. The molecule has 0 amide bonds. The molecule has 0 spiro atoms. The highest BCUT2D eigenvalue weighted by molar-refractivity contribution is 5.29. The lowest BCUT2D eigenvalue weighted by Crippen LogP contribution is -2.37. The van der Waals surface area contributed by atoms with Crippen molar-refractivity contribution in [2.24, 2.45) is 23.0 Å². The highest BCUT2D eigenvalue weighted by atomic mass is 14.7. The number of rotatable bonds is 2. The summed E-state index contributed by atoms with van der Waals surface area (Å²) in [5, 5.41) is 0. The summed E-state index contributed by atoms with van der Waals surface area (Å²) in [4.78, 5) is 4.69. The minimum Gasteiger partial charge on any atom is -0.330 e. The number of nitrogens with two attached hydrogens (primary N) is 1. The Bertz CT molecular complexity index is 452. The van der Waals surface area contributed by atoms with Crippen molar-refractivity contribution in [3.8, 4) is 0 Å². The van der Waals surface area contributed by atoms with Crippen molar-refractivity contribution in [1.82, 2.24) is 4.98 Å². The van der Waals surface area contributed by atoms with Crippen molar-refractivity contribution in [1.29, 1.82) is 0 Å². The van der Waals surface area contributed by atoms with Gasteiger partial charge in [0, 0.05) is 17.8 Å². The number of aromatic nitrogens is 1. The lowest BCUT2D eigenvalue weighted by Gasteiger charge is -2.43. The van der Waals surface area contributed by atoms with Crippen LogP contribution in [-0.2, 0) is 6.42 Å². The van der Waals surface area contributed by atoms with E-state index in [1.54, 1.807) is 0 Å². The highest BCUT2D eigenvalue weighted by Crippen LogP contribution is 2.50. The molecule has 1 saturated carbocycles. The molecule has 2 aliphatic rings. The molecular formula is C17H26N2. The molecule has 0 saturated heterocycles. The molecule has 2 heteroatoms. The average Bonchev–Trinajstić information content (AvgIpc) is 2.81. The Hall–Kier alpha value is -0.890. The molecule has 1 fully saturated rings. The first-order chi connectivity index (χ1) is 9.11. The van der Waals surface area contributed by atoms with E-state index in [1.807, 2.05) is 6.20 Å². The number of nitrogens with zero attached hydrogens (tertiary/aromatic N) is 1. The molecule has 1 aromatic rings. The van der Waals surface area contributed by atoms with Gasteiger partial charge < -0.3 is 5.73 Å². The average molecular weight is 258 g/mol. The monoisotopic (exact) mass is 258 g/mol. The Morgan fingerprint density at radius 1 is 1.37 bits per heavy atom. The summed E-state index contributed by atoms with van der Waals surface area (Å²) in [5.74, 6) is 2.10. The summed E-state index contributed by atoms with van der Waals surface area (Å²) in [7, 11) is 0. The van der Waals surface area contributed by atoms with Gasteiger partial charge in [0.25, 0.3) is 0 Å². The molecule has 0 aromatic carbocycles. The molecular weight excluding hydrogens is 232 g/mol. The third kappa shape index (κ3) is 2.43. The van der Waals surface area contributed by atoms with E-state index in [-0.39, 0.29) is 0 Å². The molecule has 3 rings (SSSR count). The van der Waals surface area contributed by atoms with Gasteiger partial charge in [0.05, 0.1) is 0 Å². The van der Waals surface area contributed by atoms with E-state index in [1.165, 1.54) is 43.4 Å². The van der Waals surface area contributed by atoms with Crippen LogP contribution in [0.2, 0.25) is 0 Å². The molecule has 0 bridgehead atoms. The van der Waals surface area contributed by atoms with E-state index in [0.717, 1.165) is 12.5 Å². The molecule has 104 valence electrons. The van der Waals surface area contributed by atoms with Gasteiger partial charge in [0.15, 0.2) is 0 Å². The number of aryl methyl sites for hydroxylation is 1. The molecule has 2 nitrogen and oxygen atoms in total. The Balaban J connectivity index is 1.88. The summed E-state index contributed by atoms with van der Waals surface area (Å²) in [6.07, 6.45) is 8.39. The zero-order valence-electron chi connectivity index (χ0n) is 12.2. The van der Waals surface area contributed by atoms with Crippen LogP contribution >= 0.6 is 0 Å². The lowest BCUT2D eigenvalue weighted by molar-refractivity contribution is 0.100. The molecule has 0 radical (unpaired) electrons. The number of hydrogen-bond donors (Lipinski definition) is 1. The SMILES string of the molecule is CC1(C)CCC(CN)C(C2CCc3cccnc32)C1. The minimum absolute atomic E-state index is 0.480. The van der Waals surface area contributed by atoms with E-state index in [4.69, 9.17) is 10.7 Å². The second kappa shape index (κ2) is 4.90. The molecule has 19 heavy (non-hydrogen) atoms. The van der Waals surface area contributed by atoms with Crippen LogP contribution in [0.25, 0.3) is 0 Å². The van der Waals surface area contributed by atoms with Crippen molar-refractivity contribution in [3.63, 3.8) is 0 Å². The fraction of sp³-hybridized carbons (Fsp3) is 0.706. The lowest BCUT2D eigenvalue weighted by atomic mass is 9.63. The summed E-state index contributed by atoms with van der Waals surface area (Å²) in [5.41, 5.74) is 9.39. The molecule has 2 aliphatic carbocycles. The van der Waals surface area contributed by atoms with Crippen molar-refractivity contribution < 1.29 is 0 Å². The van der Waals surface area contributed by atoms with Crippen LogP contribution in [0.5, 0.6) is 0 Å². The number of fused-ring (bicyclic) bond motifs is 1. The Morgan fingerprint density at radius 3 is 3.00 bits per heavy atom. The molecule has 0 aliphatic heterocycles. The van der Waals surface area contributed by atoms with Gasteiger partial charge in [-0.3, -0.25) is 4.98 Å². The topological polar surface area (TPSA) is 38.9 Å². The predicted octanol–water partition coefficient (Wildman–Crippen LogP) is 3.51. The molecule has 1 aromatic heterocycles.